The smallest absolute Gasteiger partial charge is 0.406 e. The first-order valence-corrected chi connectivity index (χ1v) is 5.91. The van der Waals surface area contributed by atoms with Crippen molar-refractivity contribution in [3.05, 3.63) is 53.9 Å². The van der Waals surface area contributed by atoms with Crippen LogP contribution >= 0.6 is 0 Å². The van der Waals surface area contributed by atoms with Gasteiger partial charge in [0.25, 0.3) is 0 Å². The third-order valence-corrected chi connectivity index (χ3v) is 2.50. The van der Waals surface area contributed by atoms with Crippen molar-refractivity contribution in [3.63, 3.8) is 0 Å². The number of aromatic nitrogens is 1. The van der Waals surface area contributed by atoms with Crippen molar-refractivity contribution in [1.29, 1.82) is 5.26 Å². The highest BCUT2D eigenvalue weighted by atomic mass is 19.4. The number of hydrogen-bond acceptors (Lipinski definition) is 4. The van der Waals surface area contributed by atoms with Crippen LogP contribution in [0.25, 0.3) is 0 Å². The highest BCUT2D eigenvalue weighted by Gasteiger charge is 2.31. The van der Waals surface area contributed by atoms with Gasteiger partial charge in [0.15, 0.2) is 0 Å². The second-order valence-electron chi connectivity index (χ2n) is 4.09. The Morgan fingerprint density at radius 1 is 1.24 bits per heavy atom. The molecule has 1 N–H and O–H groups in total. The minimum absolute atomic E-state index is 0.281. The molecule has 7 heteroatoms. The fraction of sp³-hybridized carbons (Fsp3) is 0.143. The summed E-state index contributed by atoms with van der Waals surface area (Å²) < 4.78 is 40.2. The van der Waals surface area contributed by atoms with Gasteiger partial charge < -0.3 is 10.1 Å². The van der Waals surface area contributed by atoms with Crippen molar-refractivity contribution >= 4 is 5.69 Å². The number of hydrogen-bond donors (Lipinski definition) is 1. The summed E-state index contributed by atoms with van der Waals surface area (Å²) in [5, 5.41) is 11.7. The second kappa shape index (κ2) is 6.13. The molecule has 0 fully saturated rings. The van der Waals surface area contributed by atoms with Gasteiger partial charge in [0, 0.05) is 24.5 Å². The van der Waals surface area contributed by atoms with Gasteiger partial charge in [0.05, 0.1) is 0 Å². The van der Waals surface area contributed by atoms with Crippen LogP contribution in [0, 0.1) is 11.3 Å². The van der Waals surface area contributed by atoms with E-state index in [0.717, 1.165) is 5.56 Å². The lowest BCUT2D eigenvalue weighted by Crippen LogP contribution is -2.17. The number of nitrogens with zero attached hydrogens (tertiary/aromatic N) is 2. The minimum atomic E-state index is -4.72. The first-order valence-electron chi connectivity index (χ1n) is 5.91. The van der Waals surface area contributed by atoms with E-state index in [1.165, 1.54) is 24.4 Å². The summed E-state index contributed by atoms with van der Waals surface area (Å²) >= 11 is 0. The van der Waals surface area contributed by atoms with Gasteiger partial charge in [0.2, 0.25) is 0 Å². The largest absolute Gasteiger partial charge is 0.573 e. The summed E-state index contributed by atoms with van der Waals surface area (Å²) in [6, 6.07) is 10.8. The number of alkyl halides is 3. The average Bonchev–Trinajstić information content (AvgIpc) is 2.44. The fourth-order valence-corrected chi connectivity index (χ4v) is 1.65. The first-order chi connectivity index (χ1) is 9.96. The summed E-state index contributed by atoms with van der Waals surface area (Å²) in [5.74, 6) is -0.292. The lowest BCUT2D eigenvalue weighted by molar-refractivity contribution is -0.274. The SMILES string of the molecule is N#Cc1cc(CNc2cccc(OC(F)(F)F)c2)ccn1. The van der Waals surface area contributed by atoms with Crippen LogP contribution in [0.1, 0.15) is 11.3 Å². The Balaban J connectivity index is 2.03. The third kappa shape index (κ3) is 4.69. The normalized spacial score (nSPS) is 10.8. The molecule has 0 aliphatic rings. The Bertz CT molecular complexity index is 665. The topological polar surface area (TPSA) is 57.9 Å². The van der Waals surface area contributed by atoms with E-state index in [-0.39, 0.29) is 11.4 Å². The van der Waals surface area contributed by atoms with Gasteiger partial charge in [-0.05, 0) is 29.8 Å². The summed E-state index contributed by atoms with van der Waals surface area (Å²) in [5.41, 5.74) is 1.55. The maximum atomic E-state index is 12.1. The summed E-state index contributed by atoms with van der Waals surface area (Å²) in [6.45, 7) is 0.354. The molecule has 108 valence electrons. The van der Waals surface area contributed by atoms with E-state index < -0.39 is 6.36 Å². The number of anilines is 1. The number of rotatable bonds is 4. The molecule has 0 saturated heterocycles. The Morgan fingerprint density at radius 2 is 2.05 bits per heavy atom. The van der Waals surface area contributed by atoms with E-state index in [4.69, 9.17) is 5.26 Å². The zero-order valence-electron chi connectivity index (χ0n) is 10.7. The zero-order chi connectivity index (χ0) is 15.3. The van der Waals surface area contributed by atoms with Crippen LogP contribution < -0.4 is 10.1 Å². The van der Waals surface area contributed by atoms with E-state index in [2.05, 4.69) is 15.0 Å². The number of halogens is 3. The first kappa shape index (κ1) is 14.7. The van der Waals surface area contributed by atoms with E-state index in [1.807, 2.05) is 6.07 Å². The van der Waals surface area contributed by atoms with Gasteiger partial charge in [0.1, 0.15) is 17.5 Å². The lowest BCUT2D eigenvalue weighted by Gasteiger charge is -2.11. The van der Waals surface area contributed by atoms with Gasteiger partial charge in [-0.2, -0.15) is 5.26 Å². The van der Waals surface area contributed by atoms with Gasteiger partial charge in [-0.15, -0.1) is 13.2 Å². The van der Waals surface area contributed by atoms with E-state index in [9.17, 15) is 13.2 Å². The number of ether oxygens (including phenoxy) is 1. The molecule has 0 radical (unpaired) electrons. The molecule has 0 unspecified atom stereocenters. The summed E-state index contributed by atoms with van der Waals surface area (Å²) in [6.07, 6.45) is -3.22. The van der Waals surface area contributed by atoms with Crippen molar-refractivity contribution in [1.82, 2.24) is 4.98 Å². The molecule has 0 spiro atoms. The van der Waals surface area contributed by atoms with Crippen LogP contribution in [0.5, 0.6) is 5.75 Å². The fourth-order valence-electron chi connectivity index (χ4n) is 1.65. The van der Waals surface area contributed by atoms with Crippen molar-refractivity contribution in [3.8, 4) is 11.8 Å². The van der Waals surface area contributed by atoms with Crippen molar-refractivity contribution in [2.75, 3.05) is 5.32 Å². The number of nitrogens with one attached hydrogen (secondary N) is 1. The number of pyridine rings is 1. The monoisotopic (exact) mass is 293 g/mol. The highest BCUT2D eigenvalue weighted by Crippen LogP contribution is 2.25. The quantitative estimate of drug-likeness (QED) is 0.937. The van der Waals surface area contributed by atoms with E-state index >= 15 is 0 Å². The van der Waals surface area contributed by atoms with E-state index in [0.29, 0.717) is 12.2 Å². The molecule has 0 aliphatic heterocycles. The maximum absolute atomic E-state index is 12.1. The molecule has 0 aliphatic carbocycles. The molecular weight excluding hydrogens is 283 g/mol. The van der Waals surface area contributed by atoms with Gasteiger partial charge in [-0.3, -0.25) is 0 Å². The zero-order valence-corrected chi connectivity index (χ0v) is 10.7. The van der Waals surface area contributed by atoms with Crippen LogP contribution in [-0.2, 0) is 6.54 Å². The van der Waals surface area contributed by atoms with Crippen LogP contribution in [0.4, 0.5) is 18.9 Å². The molecule has 2 rings (SSSR count). The molecule has 1 heterocycles. The van der Waals surface area contributed by atoms with Crippen molar-refractivity contribution in [2.45, 2.75) is 12.9 Å². The molecule has 0 saturated carbocycles. The van der Waals surface area contributed by atoms with E-state index in [1.54, 1.807) is 18.2 Å². The van der Waals surface area contributed by atoms with Crippen LogP contribution in [0.15, 0.2) is 42.6 Å². The van der Waals surface area contributed by atoms with Gasteiger partial charge >= 0.3 is 6.36 Å². The molecule has 4 nitrogen and oxygen atoms in total. The molecule has 2 aromatic rings. The molecular formula is C14H10F3N3O. The number of nitriles is 1. The average molecular weight is 293 g/mol. The number of benzene rings is 1. The molecule has 0 bridgehead atoms. The predicted octanol–water partition coefficient (Wildman–Crippen LogP) is 3.46. The Kier molecular flexibility index (Phi) is 4.28. The van der Waals surface area contributed by atoms with Gasteiger partial charge in [-0.25, -0.2) is 4.98 Å². The molecule has 1 aromatic heterocycles. The molecule has 1 aromatic carbocycles. The maximum Gasteiger partial charge on any atom is 0.573 e. The highest BCUT2D eigenvalue weighted by molar-refractivity contribution is 5.48. The summed E-state index contributed by atoms with van der Waals surface area (Å²) in [7, 11) is 0. The predicted molar refractivity (Wildman–Crippen MR) is 69.4 cm³/mol. The minimum Gasteiger partial charge on any atom is -0.406 e. The van der Waals surface area contributed by atoms with Crippen molar-refractivity contribution in [2.24, 2.45) is 0 Å². The van der Waals surface area contributed by atoms with Crippen LogP contribution in [0.3, 0.4) is 0 Å². The standard InChI is InChI=1S/C14H10F3N3O/c15-14(16,17)21-13-3-1-2-11(7-13)20-9-10-4-5-19-12(6-10)8-18/h1-7,20H,9H2. The second-order valence-corrected chi connectivity index (χ2v) is 4.09. The summed E-state index contributed by atoms with van der Waals surface area (Å²) in [4.78, 5) is 3.83. The molecule has 21 heavy (non-hydrogen) atoms. The van der Waals surface area contributed by atoms with Crippen LogP contribution in [-0.4, -0.2) is 11.3 Å². The Hall–Kier alpha value is -2.75. The Labute approximate surface area is 118 Å². The molecule has 0 atom stereocenters. The molecule has 0 amide bonds. The van der Waals surface area contributed by atoms with Gasteiger partial charge in [-0.1, -0.05) is 6.07 Å². The third-order valence-electron chi connectivity index (χ3n) is 2.50. The lowest BCUT2D eigenvalue weighted by atomic mass is 10.2. The van der Waals surface area contributed by atoms with Crippen molar-refractivity contribution < 1.29 is 17.9 Å². The Morgan fingerprint density at radius 3 is 2.76 bits per heavy atom. The van der Waals surface area contributed by atoms with Crippen LogP contribution in [0.2, 0.25) is 0 Å².